The molecule has 28 heavy (non-hydrogen) atoms. The second-order valence-electron chi connectivity index (χ2n) is 6.99. The van der Waals surface area contributed by atoms with E-state index < -0.39 is 11.9 Å². The Morgan fingerprint density at radius 3 is 1.39 bits per heavy atom. The quantitative estimate of drug-likeness (QED) is 0.259. The van der Waals surface area contributed by atoms with Crippen LogP contribution in [0.25, 0.3) is 21.5 Å². The molecule has 4 nitrogen and oxygen atoms in total. The van der Waals surface area contributed by atoms with Gasteiger partial charge in [0, 0.05) is 32.7 Å². The van der Waals surface area contributed by atoms with E-state index >= 15 is 0 Å². The van der Waals surface area contributed by atoms with Crippen LogP contribution in [0.15, 0.2) is 60.7 Å². The average molecular weight is 374 g/mol. The van der Waals surface area contributed by atoms with Gasteiger partial charge in [-0.25, -0.2) is 9.59 Å². The normalized spacial score (nSPS) is 10.7. The first kappa shape index (κ1) is 19.4. The summed E-state index contributed by atoms with van der Waals surface area (Å²) in [6, 6.07) is 11.3. The summed E-state index contributed by atoms with van der Waals surface area (Å²) in [5.41, 5.74) is 2.41. The lowest BCUT2D eigenvalue weighted by atomic mass is 9.95. The first-order chi connectivity index (χ1) is 13.2. The summed E-state index contributed by atoms with van der Waals surface area (Å²) < 4.78 is 11.5. The Morgan fingerprint density at radius 2 is 1.07 bits per heavy atom. The van der Waals surface area contributed by atoms with Crippen molar-refractivity contribution in [3.8, 4) is 11.5 Å². The summed E-state index contributed by atoms with van der Waals surface area (Å²) in [5, 5.41) is 2.83. The van der Waals surface area contributed by atoms with Gasteiger partial charge in [-0.3, -0.25) is 0 Å². The highest BCUT2D eigenvalue weighted by Gasteiger charge is 2.22. The number of carbonyl (C=O) groups excluding carboxylic acids is 2. The van der Waals surface area contributed by atoms with Gasteiger partial charge in [-0.2, -0.15) is 0 Å². The van der Waals surface area contributed by atoms with Crippen molar-refractivity contribution in [3.63, 3.8) is 0 Å². The van der Waals surface area contributed by atoms with Crippen LogP contribution in [0, 0.1) is 13.8 Å². The minimum Gasteiger partial charge on any atom is -0.422 e. The van der Waals surface area contributed by atoms with Crippen molar-refractivity contribution in [1.29, 1.82) is 0 Å². The van der Waals surface area contributed by atoms with E-state index in [1.807, 2.05) is 50.2 Å². The molecule has 0 saturated heterocycles. The number of benzene rings is 3. The van der Waals surface area contributed by atoms with Gasteiger partial charge in [-0.1, -0.05) is 49.6 Å². The maximum absolute atomic E-state index is 12.3. The molecule has 0 saturated carbocycles. The predicted octanol–water partition coefficient (Wildman–Crippen LogP) is 5.57. The van der Waals surface area contributed by atoms with E-state index in [0.29, 0.717) is 33.4 Å². The summed E-state index contributed by atoms with van der Waals surface area (Å²) in [6.07, 6.45) is 0. The average Bonchev–Trinajstić information content (AvgIpc) is 2.63. The maximum Gasteiger partial charge on any atom is 0.338 e. The summed E-state index contributed by atoms with van der Waals surface area (Å²) in [7, 11) is 0. The smallest absolute Gasteiger partial charge is 0.338 e. The van der Waals surface area contributed by atoms with E-state index in [9.17, 15) is 9.59 Å². The third-order valence-corrected chi connectivity index (χ3v) is 4.58. The van der Waals surface area contributed by atoms with Crippen molar-refractivity contribution in [2.45, 2.75) is 27.7 Å². The number of carbonyl (C=O) groups is 2. The van der Waals surface area contributed by atoms with Crippen LogP contribution in [0.4, 0.5) is 0 Å². The zero-order valence-electron chi connectivity index (χ0n) is 16.5. The van der Waals surface area contributed by atoms with E-state index in [4.69, 9.17) is 9.47 Å². The number of fused-ring (bicyclic) bond motifs is 2. The molecule has 0 atom stereocenters. The van der Waals surface area contributed by atoms with Gasteiger partial charge < -0.3 is 9.47 Å². The molecule has 0 radical (unpaired) electrons. The summed E-state index contributed by atoms with van der Waals surface area (Å²) in [4.78, 5) is 24.7. The molecule has 0 aromatic heterocycles. The highest BCUT2D eigenvalue weighted by atomic mass is 16.5. The molecule has 3 rings (SSSR count). The molecule has 0 unspecified atom stereocenters. The van der Waals surface area contributed by atoms with Crippen LogP contribution in [0.1, 0.15) is 25.0 Å². The number of aryl methyl sites for hydroxylation is 2. The van der Waals surface area contributed by atoms with Gasteiger partial charge in [0.05, 0.1) is 0 Å². The topological polar surface area (TPSA) is 52.6 Å². The monoisotopic (exact) mass is 374 g/mol. The van der Waals surface area contributed by atoms with Crippen molar-refractivity contribution in [1.82, 2.24) is 0 Å². The Bertz CT molecular complexity index is 1070. The number of ether oxygens (including phenoxy) is 2. The highest BCUT2D eigenvalue weighted by Crippen LogP contribution is 2.45. The molecule has 0 amide bonds. The minimum atomic E-state index is -0.501. The van der Waals surface area contributed by atoms with Crippen molar-refractivity contribution >= 4 is 33.5 Å². The van der Waals surface area contributed by atoms with E-state index in [2.05, 4.69) is 13.2 Å². The summed E-state index contributed by atoms with van der Waals surface area (Å²) in [5.74, 6) is -0.122. The Kier molecular flexibility index (Phi) is 5.06. The van der Waals surface area contributed by atoms with Gasteiger partial charge >= 0.3 is 11.9 Å². The second kappa shape index (κ2) is 7.31. The lowest BCUT2D eigenvalue weighted by Gasteiger charge is -2.19. The van der Waals surface area contributed by atoms with Crippen LogP contribution in [0.2, 0.25) is 0 Å². The zero-order chi connectivity index (χ0) is 20.6. The molecule has 0 heterocycles. The molecule has 3 aromatic carbocycles. The van der Waals surface area contributed by atoms with Crippen LogP contribution in [0.3, 0.4) is 0 Å². The molecule has 0 bridgehead atoms. The minimum absolute atomic E-state index is 0.306. The fourth-order valence-corrected chi connectivity index (χ4v) is 3.16. The van der Waals surface area contributed by atoms with Crippen LogP contribution in [0.5, 0.6) is 11.5 Å². The van der Waals surface area contributed by atoms with Crippen LogP contribution in [-0.2, 0) is 9.59 Å². The lowest BCUT2D eigenvalue weighted by molar-refractivity contribution is -0.130. The Labute approximate surface area is 164 Å². The van der Waals surface area contributed by atoms with Gasteiger partial charge in [-0.15, -0.1) is 0 Å². The van der Waals surface area contributed by atoms with Gasteiger partial charge in [0.2, 0.25) is 0 Å². The predicted molar refractivity (Wildman–Crippen MR) is 112 cm³/mol. The largest absolute Gasteiger partial charge is 0.422 e. The number of rotatable bonds is 4. The highest BCUT2D eigenvalue weighted by molar-refractivity contribution is 6.15. The third-order valence-electron chi connectivity index (χ3n) is 4.58. The van der Waals surface area contributed by atoms with Gasteiger partial charge in [-0.05, 0) is 38.8 Å². The van der Waals surface area contributed by atoms with E-state index in [1.165, 1.54) is 0 Å². The van der Waals surface area contributed by atoms with Crippen molar-refractivity contribution in [3.05, 3.63) is 71.8 Å². The lowest BCUT2D eigenvalue weighted by Crippen LogP contribution is -2.12. The summed E-state index contributed by atoms with van der Waals surface area (Å²) >= 11 is 0. The van der Waals surface area contributed by atoms with Gasteiger partial charge in [0.1, 0.15) is 11.5 Å². The van der Waals surface area contributed by atoms with E-state index in [1.54, 1.807) is 13.8 Å². The number of hydrogen-bond acceptors (Lipinski definition) is 4. The molecule has 0 aliphatic carbocycles. The molecular formula is C24H22O4. The molecule has 0 fully saturated rings. The van der Waals surface area contributed by atoms with Crippen LogP contribution in [-0.4, -0.2) is 11.9 Å². The molecule has 0 aliphatic rings. The third kappa shape index (κ3) is 3.29. The molecule has 4 heteroatoms. The Hall–Kier alpha value is -3.40. The van der Waals surface area contributed by atoms with Crippen LogP contribution >= 0.6 is 0 Å². The van der Waals surface area contributed by atoms with Crippen LogP contribution < -0.4 is 9.47 Å². The summed E-state index contributed by atoms with van der Waals surface area (Å²) in [6.45, 7) is 14.4. The van der Waals surface area contributed by atoms with E-state index in [0.717, 1.165) is 21.9 Å². The number of esters is 2. The Balaban J connectivity index is 2.48. The molecule has 0 N–H and O–H groups in total. The molecular weight excluding hydrogens is 352 g/mol. The van der Waals surface area contributed by atoms with E-state index in [-0.39, 0.29) is 0 Å². The standard InChI is InChI=1S/C24H22O4/c1-13(2)23(25)27-21-17-11-7-10-16(6)20(17)22(28-24(26)14(3)4)18-12-8-9-15(5)19(18)21/h7-12H,1,3H2,2,4-6H3. The van der Waals surface area contributed by atoms with Gasteiger partial charge in [0.25, 0.3) is 0 Å². The molecule has 3 aromatic rings. The van der Waals surface area contributed by atoms with Crippen molar-refractivity contribution in [2.75, 3.05) is 0 Å². The zero-order valence-corrected chi connectivity index (χ0v) is 16.5. The van der Waals surface area contributed by atoms with Gasteiger partial charge in [0.15, 0.2) is 0 Å². The van der Waals surface area contributed by atoms with Crippen molar-refractivity contribution < 1.29 is 19.1 Å². The maximum atomic E-state index is 12.3. The molecule has 0 aliphatic heterocycles. The van der Waals surface area contributed by atoms with Crippen molar-refractivity contribution in [2.24, 2.45) is 0 Å². The molecule has 142 valence electrons. The second-order valence-corrected chi connectivity index (χ2v) is 6.99. The Morgan fingerprint density at radius 1 is 0.714 bits per heavy atom. The molecule has 0 spiro atoms. The first-order valence-corrected chi connectivity index (χ1v) is 8.92. The fraction of sp³-hybridized carbons (Fsp3) is 0.167. The SMILES string of the molecule is C=C(C)C(=O)Oc1c2cccc(C)c2c(OC(=O)C(=C)C)c2cccc(C)c12. The fourth-order valence-electron chi connectivity index (χ4n) is 3.16. The first-order valence-electron chi connectivity index (χ1n) is 8.92. The number of hydrogen-bond donors (Lipinski definition) is 0.